The van der Waals surface area contributed by atoms with E-state index < -0.39 is 15.9 Å². The summed E-state index contributed by atoms with van der Waals surface area (Å²) in [6.07, 6.45) is 1.44. The number of hydrogen-bond donors (Lipinski definition) is 2. The fourth-order valence-electron chi connectivity index (χ4n) is 3.64. The summed E-state index contributed by atoms with van der Waals surface area (Å²) in [5, 5.41) is 2.74. The predicted molar refractivity (Wildman–Crippen MR) is 133 cm³/mol. The first-order valence-electron chi connectivity index (χ1n) is 10.4. The lowest BCUT2D eigenvalue weighted by atomic mass is 10.2. The molecule has 0 radical (unpaired) electrons. The van der Waals surface area contributed by atoms with Gasteiger partial charge in [-0.05, 0) is 42.5 Å². The molecule has 1 aliphatic heterocycles. The maximum Gasteiger partial charge on any atom is 0.273 e. The van der Waals surface area contributed by atoms with Crippen LogP contribution in [0.3, 0.4) is 0 Å². The van der Waals surface area contributed by atoms with E-state index in [1.54, 1.807) is 36.4 Å². The van der Waals surface area contributed by atoms with Crippen molar-refractivity contribution in [2.24, 2.45) is 0 Å². The molecule has 1 amide bonds. The predicted octanol–water partition coefficient (Wildman–Crippen LogP) is 4.68. The highest BCUT2D eigenvalue weighted by molar-refractivity contribution is 9.10. The van der Waals surface area contributed by atoms with Gasteiger partial charge in [0, 0.05) is 15.7 Å². The van der Waals surface area contributed by atoms with Gasteiger partial charge in [-0.3, -0.25) is 9.10 Å². The molecule has 0 spiro atoms. The molecule has 0 fully saturated rings. The smallest absolute Gasteiger partial charge is 0.273 e. The number of sulfonamides is 1. The van der Waals surface area contributed by atoms with Crippen LogP contribution in [0.25, 0.3) is 11.4 Å². The van der Waals surface area contributed by atoms with E-state index in [1.165, 1.54) is 16.6 Å². The average molecular weight is 539 g/mol. The molecule has 172 valence electrons. The minimum absolute atomic E-state index is 0.0136. The maximum atomic E-state index is 13.5. The van der Waals surface area contributed by atoms with Crippen LogP contribution in [0.15, 0.2) is 88.4 Å². The number of anilines is 2. The second kappa shape index (κ2) is 8.96. The lowest BCUT2D eigenvalue weighted by Gasteiger charge is -2.22. The Labute approximate surface area is 204 Å². The topological polar surface area (TPSA) is 104 Å². The third-order valence-electron chi connectivity index (χ3n) is 5.30. The highest BCUT2D eigenvalue weighted by atomic mass is 79.9. The number of rotatable bonds is 4. The summed E-state index contributed by atoms with van der Waals surface area (Å²) in [5.74, 6) is 0.366. The number of amides is 1. The Morgan fingerprint density at radius 2 is 1.82 bits per heavy atom. The van der Waals surface area contributed by atoms with Crippen molar-refractivity contribution in [2.75, 3.05) is 22.8 Å². The third kappa shape index (κ3) is 4.29. The first kappa shape index (κ1) is 22.2. The molecule has 2 N–H and O–H groups in total. The van der Waals surface area contributed by atoms with Crippen molar-refractivity contribution < 1.29 is 17.9 Å². The zero-order valence-corrected chi connectivity index (χ0v) is 20.1. The minimum atomic E-state index is -3.92. The molecular formula is C24H19BrN4O4S. The minimum Gasteiger partial charge on any atom is -0.490 e. The third-order valence-corrected chi connectivity index (χ3v) is 7.68. The van der Waals surface area contributed by atoms with Gasteiger partial charge in [0.25, 0.3) is 15.9 Å². The first-order chi connectivity index (χ1) is 16.4. The van der Waals surface area contributed by atoms with Crippen LogP contribution < -0.4 is 14.4 Å². The number of benzene rings is 3. The number of halogens is 1. The molecule has 0 saturated carbocycles. The largest absolute Gasteiger partial charge is 0.490 e. The number of aromatic amines is 1. The Kier molecular flexibility index (Phi) is 5.84. The second-order valence-electron chi connectivity index (χ2n) is 7.53. The molecule has 0 aliphatic carbocycles. The number of nitrogens with one attached hydrogen (secondary N) is 2. The quantitative estimate of drug-likeness (QED) is 0.392. The molecule has 2 heterocycles. The molecule has 0 saturated heterocycles. The van der Waals surface area contributed by atoms with E-state index in [-0.39, 0.29) is 29.5 Å². The van der Waals surface area contributed by atoms with Crippen LogP contribution in [0.4, 0.5) is 11.4 Å². The van der Waals surface area contributed by atoms with E-state index in [0.717, 1.165) is 10.0 Å². The number of H-pyrrole nitrogens is 1. The summed E-state index contributed by atoms with van der Waals surface area (Å²) in [7, 11) is -3.92. The summed E-state index contributed by atoms with van der Waals surface area (Å²) < 4.78 is 34.8. The Balaban J connectivity index is 1.42. The molecule has 5 rings (SSSR count). The molecule has 34 heavy (non-hydrogen) atoms. The number of fused-ring (bicyclic) bond motifs is 1. The molecule has 3 aromatic carbocycles. The number of carbonyl (C=O) groups excluding carboxylic acids is 1. The van der Waals surface area contributed by atoms with E-state index in [1.807, 2.05) is 30.3 Å². The summed E-state index contributed by atoms with van der Waals surface area (Å²) in [6.45, 7) is 0.362. The Hall–Kier alpha value is -3.63. The normalized spacial score (nSPS) is 14.6. The van der Waals surface area contributed by atoms with Crippen molar-refractivity contribution in [3.63, 3.8) is 0 Å². The fraction of sp³-hybridized carbons (Fsp3) is 0.0833. The van der Waals surface area contributed by atoms with Crippen molar-refractivity contribution in [3.8, 4) is 17.1 Å². The molecule has 1 aliphatic rings. The summed E-state index contributed by atoms with van der Waals surface area (Å²) >= 11 is 3.37. The highest BCUT2D eigenvalue weighted by Gasteiger charge is 2.31. The Bertz CT molecular complexity index is 1450. The van der Waals surface area contributed by atoms with Crippen molar-refractivity contribution in [1.82, 2.24) is 9.97 Å². The zero-order valence-electron chi connectivity index (χ0n) is 17.7. The van der Waals surface area contributed by atoms with Gasteiger partial charge in [0.2, 0.25) is 0 Å². The van der Waals surface area contributed by atoms with Crippen LogP contribution >= 0.6 is 15.9 Å². The van der Waals surface area contributed by atoms with Gasteiger partial charge in [-0.2, -0.15) is 0 Å². The number of imidazole rings is 1. The summed E-state index contributed by atoms with van der Waals surface area (Å²) in [4.78, 5) is 20.0. The molecule has 0 atom stereocenters. The van der Waals surface area contributed by atoms with E-state index >= 15 is 0 Å². The van der Waals surface area contributed by atoms with Gasteiger partial charge in [-0.1, -0.05) is 46.3 Å². The molecule has 0 unspecified atom stereocenters. The molecule has 8 nitrogen and oxygen atoms in total. The maximum absolute atomic E-state index is 13.5. The van der Waals surface area contributed by atoms with Crippen molar-refractivity contribution in [1.29, 1.82) is 0 Å². The van der Waals surface area contributed by atoms with Crippen LogP contribution in [-0.2, 0) is 10.0 Å². The standard InChI is InChI=1S/C24H19BrN4O4S/c25-17-6-9-19(10-7-17)29-12-13-33-21-11-8-18(14-22(21)34(29,31)32)27-24(30)20-15-26-23(28-20)16-4-2-1-3-5-16/h1-11,14-15H,12-13H2,(H,26,28)(H,27,30). The Morgan fingerprint density at radius 3 is 2.59 bits per heavy atom. The average Bonchev–Trinajstić information content (AvgIpc) is 3.30. The number of aromatic nitrogens is 2. The van der Waals surface area contributed by atoms with E-state index in [9.17, 15) is 13.2 Å². The van der Waals surface area contributed by atoms with Gasteiger partial charge in [0.05, 0.1) is 18.4 Å². The summed E-state index contributed by atoms with van der Waals surface area (Å²) in [5.41, 5.74) is 1.96. The lowest BCUT2D eigenvalue weighted by Crippen LogP contribution is -2.32. The monoisotopic (exact) mass is 538 g/mol. The fourth-order valence-corrected chi connectivity index (χ4v) is 5.51. The Morgan fingerprint density at radius 1 is 1.06 bits per heavy atom. The van der Waals surface area contributed by atoms with Gasteiger partial charge in [0.1, 0.15) is 28.8 Å². The van der Waals surface area contributed by atoms with Crippen LogP contribution in [0.2, 0.25) is 0 Å². The first-order valence-corrected chi connectivity index (χ1v) is 12.6. The zero-order chi connectivity index (χ0) is 23.7. The molecule has 10 heteroatoms. The molecular weight excluding hydrogens is 520 g/mol. The molecule has 1 aromatic heterocycles. The lowest BCUT2D eigenvalue weighted by molar-refractivity contribution is 0.102. The van der Waals surface area contributed by atoms with Gasteiger partial charge in [-0.15, -0.1) is 0 Å². The molecule has 0 bridgehead atoms. The van der Waals surface area contributed by atoms with Crippen LogP contribution in [-0.4, -0.2) is 37.4 Å². The second-order valence-corrected chi connectivity index (χ2v) is 10.3. The van der Waals surface area contributed by atoms with Gasteiger partial charge in [-0.25, -0.2) is 13.4 Å². The van der Waals surface area contributed by atoms with Crippen molar-refractivity contribution in [2.45, 2.75) is 4.90 Å². The number of ether oxygens (including phenoxy) is 1. The van der Waals surface area contributed by atoms with Crippen molar-refractivity contribution >= 4 is 43.2 Å². The number of carbonyl (C=O) groups is 1. The van der Waals surface area contributed by atoms with E-state index in [2.05, 4.69) is 31.2 Å². The van der Waals surface area contributed by atoms with Gasteiger partial charge >= 0.3 is 0 Å². The summed E-state index contributed by atoms with van der Waals surface area (Å²) in [6, 6.07) is 21.0. The van der Waals surface area contributed by atoms with Crippen molar-refractivity contribution in [3.05, 3.63) is 89.2 Å². The van der Waals surface area contributed by atoms with E-state index in [0.29, 0.717) is 17.2 Å². The molecule has 4 aromatic rings. The van der Waals surface area contributed by atoms with Gasteiger partial charge in [0.15, 0.2) is 0 Å². The number of nitrogens with zero attached hydrogens (tertiary/aromatic N) is 2. The van der Waals surface area contributed by atoms with Crippen LogP contribution in [0.1, 0.15) is 10.5 Å². The number of hydrogen-bond acceptors (Lipinski definition) is 5. The van der Waals surface area contributed by atoms with Crippen LogP contribution in [0.5, 0.6) is 5.75 Å². The van der Waals surface area contributed by atoms with Crippen LogP contribution in [0, 0.1) is 0 Å². The van der Waals surface area contributed by atoms with E-state index in [4.69, 9.17) is 4.74 Å². The highest BCUT2D eigenvalue weighted by Crippen LogP contribution is 2.35. The SMILES string of the molecule is O=C(Nc1ccc2c(c1)S(=O)(=O)N(c1ccc(Br)cc1)CCO2)c1cnc(-c2ccccc2)[nH]1. The van der Waals surface area contributed by atoms with Gasteiger partial charge < -0.3 is 15.0 Å².